The summed E-state index contributed by atoms with van der Waals surface area (Å²) < 4.78 is 13.4. The number of aromatic nitrogens is 6. The molecule has 35 heavy (non-hydrogen) atoms. The van der Waals surface area contributed by atoms with Gasteiger partial charge in [-0.3, -0.25) is 10.1 Å². The lowest BCUT2D eigenvalue weighted by Gasteiger charge is -2.10. The van der Waals surface area contributed by atoms with Crippen LogP contribution < -0.4 is 5.32 Å². The Hall–Kier alpha value is -4.59. The van der Waals surface area contributed by atoms with Crippen LogP contribution in [0.5, 0.6) is 0 Å². The number of rotatable bonds is 5. The Morgan fingerprint density at radius 2 is 1.71 bits per heavy atom. The number of imidazole rings is 1. The second-order valence-corrected chi connectivity index (χ2v) is 8.72. The van der Waals surface area contributed by atoms with Crippen molar-refractivity contribution in [2.75, 3.05) is 5.32 Å². The van der Waals surface area contributed by atoms with Gasteiger partial charge < -0.3 is 10.3 Å². The van der Waals surface area contributed by atoms with E-state index >= 15 is 0 Å². The SMILES string of the molecule is CC(C)Nc1cncc(-c2ccc3[nH]nc(-c4nc5c(-c6ccc(F)cc6)cccc5[nH]4)c3n2)c1. The molecular weight excluding hydrogens is 441 g/mol. The second-order valence-electron chi connectivity index (χ2n) is 8.72. The van der Waals surface area contributed by atoms with Gasteiger partial charge in [0.05, 0.1) is 27.9 Å². The standard InChI is InChI=1S/C27H22FN7/c1-15(2)30-19-12-17(13-29-14-19)21-10-11-23-25(31-21)26(35-34-23)27-32-22-5-3-4-20(24(22)33-27)16-6-8-18(28)9-7-16/h3-15,30H,1-2H3,(H,32,33)(H,34,35). The van der Waals surface area contributed by atoms with Crippen molar-refractivity contribution in [3.63, 3.8) is 0 Å². The van der Waals surface area contributed by atoms with Gasteiger partial charge in [0.15, 0.2) is 11.5 Å². The molecule has 0 bridgehead atoms. The molecule has 0 spiro atoms. The van der Waals surface area contributed by atoms with Gasteiger partial charge >= 0.3 is 0 Å². The van der Waals surface area contributed by atoms with Crippen LogP contribution in [0.3, 0.4) is 0 Å². The predicted octanol–water partition coefficient (Wildman–Crippen LogP) is 6.19. The molecule has 4 heterocycles. The van der Waals surface area contributed by atoms with Gasteiger partial charge in [0.1, 0.15) is 11.3 Å². The quantitative estimate of drug-likeness (QED) is 0.283. The van der Waals surface area contributed by atoms with Crippen LogP contribution in [-0.4, -0.2) is 36.2 Å². The van der Waals surface area contributed by atoms with E-state index in [-0.39, 0.29) is 5.82 Å². The van der Waals surface area contributed by atoms with Gasteiger partial charge in [-0.1, -0.05) is 24.3 Å². The Morgan fingerprint density at radius 3 is 2.54 bits per heavy atom. The minimum Gasteiger partial charge on any atom is -0.382 e. The zero-order valence-electron chi connectivity index (χ0n) is 19.2. The van der Waals surface area contributed by atoms with Crippen molar-refractivity contribution in [3.05, 3.63) is 78.9 Å². The number of benzene rings is 2. The first kappa shape index (κ1) is 21.0. The molecule has 0 fully saturated rings. The molecule has 0 aliphatic rings. The minimum atomic E-state index is -0.269. The Bertz CT molecular complexity index is 1670. The number of hydrogen-bond acceptors (Lipinski definition) is 5. The number of nitrogens with one attached hydrogen (secondary N) is 3. The molecule has 0 saturated carbocycles. The van der Waals surface area contributed by atoms with E-state index in [1.54, 1.807) is 24.5 Å². The summed E-state index contributed by atoms with van der Waals surface area (Å²) in [6.07, 6.45) is 3.61. The zero-order valence-corrected chi connectivity index (χ0v) is 19.2. The number of aromatic amines is 2. The smallest absolute Gasteiger partial charge is 0.161 e. The highest BCUT2D eigenvalue weighted by Gasteiger charge is 2.17. The molecule has 172 valence electrons. The molecule has 8 heteroatoms. The fourth-order valence-electron chi connectivity index (χ4n) is 4.22. The number of pyridine rings is 2. The van der Waals surface area contributed by atoms with E-state index in [0.29, 0.717) is 23.1 Å². The third kappa shape index (κ3) is 3.89. The maximum Gasteiger partial charge on any atom is 0.161 e. The highest BCUT2D eigenvalue weighted by molar-refractivity contribution is 5.96. The normalized spacial score (nSPS) is 11.5. The van der Waals surface area contributed by atoms with Gasteiger partial charge in [-0.05, 0) is 55.8 Å². The first-order chi connectivity index (χ1) is 17.0. The monoisotopic (exact) mass is 463 g/mol. The number of hydrogen-bond donors (Lipinski definition) is 3. The first-order valence-corrected chi connectivity index (χ1v) is 11.4. The molecule has 0 amide bonds. The molecule has 6 rings (SSSR count). The van der Waals surface area contributed by atoms with Crippen molar-refractivity contribution in [2.45, 2.75) is 19.9 Å². The molecule has 0 aliphatic carbocycles. The van der Waals surface area contributed by atoms with E-state index in [1.165, 1.54) is 12.1 Å². The summed E-state index contributed by atoms with van der Waals surface area (Å²) in [5, 5.41) is 10.9. The maximum absolute atomic E-state index is 13.4. The van der Waals surface area contributed by atoms with Crippen LogP contribution in [0.25, 0.3) is 56.0 Å². The summed E-state index contributed by atoms with van der Waals surface area (Å²) in [6, 6.07) is 18.6. The van der Waals surface area contributed by atoms with Crippen LogP contribution in [0.2, 0.25) is 0 Å². The van der Waals surface area contributed by atoms with Gasteiger partial charge in [0.2, 0.25) is 0 Å². The van der Waals surface area contributed by atoms with Gasteiger partial charge in [0.25, 0.3) is 0 Å². The number of para-hydroxylation sites is 1. The van der Waals surface area contributed by atoms with Gasteiger partial charge in [-0.25, -0.2) is 14.4 Å². The number of halogens is 1. The molecule has 0 saturated heterocycles. The minimum absolute atomic E-state index is 0.269. The van der Waals surface area contributed by atoms with Crippen LogP contribution in [0.4, 0.5) is 10.1 Å². The molecule has 4 aromatic heterocycles. The lowest BCUT2D eigenvalue weighted by atomic mass is 10.0. The largest absolute Gasteiger partial charge is 0.382 e. The van der Waals surface area contributed by atoms with Crippen LogP contribution in [0.15, 0.2) is 73.1 Å². The van der Waals surface area contributed by atoms with Crippen molar-refractivity contribution >= 4 is 27.8 Å². The van der Waals surface area contributed by atoms with E-state index in [0.717, 1.165) is 44.6 Å². The van der Waals surface area contributed by atoms with Gasteiger partial charge in [-0.15, -0.1) is 0 Å². The topological polar surface area (TPSA) is 95.2 Å². The number of anilines is 1. The van der Waals surface area contributed by atoms with Gasteiger partial charge in [-0.2, -0.15) is 5.10 Å². The maximum atomic E-state index is 13.4. The molecule has 0 radical (unpaired) electrons. The third-order valence-corrected chi connectivity index (χ3v) is 5.79. The second kappa shape index (κ2) is 8.32. The molecule has 0 unspecified atom stereocenters. The fourth-order valence-corrected chi connectivity index (χ4v) is 4.22. The Morgan fingerprint density at radius 1 is 0.857 bits per heavy atom. The summed E-state index contributed by atoms with van der Waals surface area (Å²) in [5.41, 5.74) is 8.27. The molecular formula is C27H22FN7. The molecule has 6 aromatic rings. The highest BCUT2D eigenvalue weighted by Crippen LogP contribution is 2.32. The Kier molecular flexibility index (Phi) is 4.99. The fraction of sp³-hybridized carbons (Fsp3) is 0.111. The predicted molar refractivity (Wildman–Crippen MR) is 136 cm³/mol. The third-order valence-electron chi connectivity index (χ3n) is 5.79. The van der Waals surface area contributed by atoms with E-state index < -0.39 is 0 Å². The van der Waals surface area contributed by atoms with Crippen LogP contribution in [0, 0.1) is 5.82 Å². The summed E-state index contributed by atoms with van der Waals surface area (Å²) in [5.74, 6) is 0.341. The van der Waals surface area contributed by atoms with Crippen molar-refractivity contribution in [1.29, 1.82) is 0 Å². The summed E-state index contributed by atoms with van der Waals surface area (Å²) in [4.78, 5) is 17.5. The van der Waals surface area contributed by atoms with E-state index in [4.69, 9.17) is 9.97 Å². The molecule has 0 atom stereocenters. The van der Waals surface area contributed by atoms with Crippen molar-refractivity contribution in [3.8, 4) is 33.9 Å². The van der Waals surface area contributed by atoms with Crippen molar-refractivity contribution < 1.29 is 4.39 Å². The molecule has 2 aromatic carbocycles. The van der Waals surface area contributed by atoms with Crippen LogP contribution in [-0.2, 0) is 0 Å². The van der Waals surface area contributed by atoms with Gasteiger partial charge in [0, 0.05) is 29.6 Å². The van der Waals surface area contributed by atoms with Crippen LogP contribution >= 0.6 is 0 Å². The highest BCUT2D eigenvalue weighted by atomic mass is 19.1. The lowest BCUT2D eigenvalue weighted by Crippen LogP contribution is -2.09. The molecule has 0 aliphatic heterocycles. The molecule has 3 N–H and O–H groups in total. The average Bonchev–Trinajstić information content (AvgIpc) is 3.48. The first-order valence-electron chi connectivity index (χ1n) is 11.4. The molecule has 7 nitrogen and oxygen atoms in total. The number of nitrogens with zero attached hydrogens (tertiary/aromatic N) is 4. The zero-order chi connectivity index (χ0) is 23.9. The Labute approximate surface area is 200 Å². The van der Waals surface area contributed by atoms with E-state index in [2.05, 4.69) is 39.3 Å². The lowest BCUT2D eigenvalue weighted by molar-refractivity contribution is 0.628. The van der Waals surface area contributed by atoms with Crippen molar-refractivity contribution in [1.82, 2.24) is 30.1 Å². The summed E-state index contributed by atoms with van der Waals surface area (Å²) >= 11 is 0. The summed E-state index contributed by atoms with van der Waals surface area (Å²) in [6.45, 7) is 4.17. The Balaban J connectivity index is 1.44. The van der Waals surface area contributed by atoms with Crippen molar-refractivity contribution in [2.24, 2.45) is 0 Å². The number of fused-ring (bicyclic) bond motifs is 2. The van der Waals surface area contributed by atoms with Crippen LogP contribution in [0.1, 0.15) is 13.8 Å². The van der Waals surface area contributed by atoms with E-state index in [9.17, 15) is 4.39 Å². The van der Waals surface area contributed by atoms with E-state index in [1.807, 2.05) is 36.4 Å². The number of H-pyrrole nitrogens is 2. The average molecular weight is 464 g/mol. The summed E-state index contributed by atoms with van der Waals surface area (Å²) in [7, 11) is 0.